The summed E-state index contributed by atoms with van der Waals surface area (Å²) in [7, 11) is 1.46. The number of methoxy groups -OCH3 is 1. The van der Waals surface area contributed by atoms with Crippen molar-refractivity contribution in [3.8, 4) is 11.5 Å². The van der Waals surface area contributed by atoms with E-state index in [1.54, 1.807) is 18.2 Å². The van der Waals surface area contributed by atoms with Crippen LogP contribution in [-0.2, 0) is 4.79 Å². The third-order valence-corrected chi connectivity index (χ3v) is 5.72. The molecule has 1 N–H and O–H groups in total. The first kappa shape index (κ1) is 22.6. The van der Waals surface area contributed by atoms with Gasteiger partial charge in [0.1, 0.15) is 6.10 Å². The van der Waals surface area contributed by atoms with E-state index in [9.17, 15) is 18.0 Å². The zero-order valence-electron chi connectivity index (χ0n) is 17.4. The van der Waals surface area contributed by atoms with Crippen LogP contribution in [0, 0.1) is 5.41 Å². The molecule has 11 heteroatoms. The number of ether oxygens (including phenoxy) is 2. The Morgan fingerprint density at radius 2 is 1.88 bits per heavy atom. The molecule has 7 nitrogen and oxygen atoms in total. The third-order valence-electron chi connectivity index (χ3n) is 4.77. The molecule has 0 bridgehead atoms. The van der Waals surface area contributed by atoms with E-state index in [0.29, 0.717) is 22.1 Å². The molecule has 1 amide bonds. The second kappa shape index (κ2) is 8.74. The van der Waals surface area contributed by atoms with Crippen molar-refractivity contribution in [2.45, 2.75) is 19.2 Å². The highest BCUT2D eigenvalue weighted by molar-refractivity contribution is 8.27. The highest BCUT2D eigenvalue weighted by atomic mass is 32.2. The number of rotatable bonds is 5. The Hall–Kier alpha value is -3.60. The van der Waals surface area contributed by atoms with Crippen molar-refractivity contribution in [2.75, 3.05) is 7.11 Å². The number of hydrazone groups is 1. The number of halogens is 3. The lowest BCUT2D eigenvalue weighted by molar-refractivity contribution is -0.114. The number of carbonyl (C=O) groups excluding carboxylic acids is 1. The number of carbonyl (C=O) groups is 1. The van der Waals surface area contributed by atoms with E-state index in [1.165, 1.54) is 13.2 Å². The smallest absolute Gasteiger partial charge is 0.441 e. The summed E-state index contributed by atoms with van der Waals surface area (Å²) in [4.78, 5) is 16.1. The number of thioether (sulfide) groups is 1. The van der Waals surface area contributed by atoms with Crippen LogP contribution >= 0.6 is 11.8 Å². The third kappa shape index (κ3) is 4.63. The molecule has 0 radical (unpaired) electrons. The maximum atomic E-state index is 13.0. The van der Waals surface area contributed by atoms with Crippen LogP contribution in [-0.4, -0.2) is 40.2 Å². The van der Waals surface area contributed by atoms with Gasteiger partial charge in [-0.15, -0.1) is 0 Å². The highest BCUT2D eigenvalue weighted by Crippen LogP contribution is 2.36. The minimum absolute atomic E-state index is 0.195. The molecule has 2 aromatic rings. The second-order valence-corrected chi connectivity index (χ2v) is 7.96. The van der Waals surface area contributed by atoms with Gasteiger partial charge in [0.15, 0.2) is 17.3 Å². The normalized spacial score (nSPS) is 18.1. The zero-order valence-corrected chi connectivity index (χ0v) is 18.2. The van der Waals surface area contributed by atoms with Crippen LogP contribution in [0.5, 0.6) is 11.5 Å². The molecule has 0 aromatic heterocycles. The molecule has 0 aliphatic carbocycles. The van der Waals surface area contributed by atoms with Gasteiger partial charge in [-0.2, -0.15) is 28.3 Å². The number of amidine groups is 2. The van der Waals surface area contributed by atoms with Gasteiger partial charge in [0.25, 0.3) is 5.91 Å². The van der Waals surface area contributed by atoms with Crippen molar-refractivity contribution in [1.82, 2.24) is 5.01 Å². The molecular weight excluding hydrogens is 457 g/mol. The van der Waals surface area contributed by atoms with Crippen LogP contribution in [0.3, 0.4) is 0 Å². The van der Waals surface area contributed by atoms with Crippen LogP contribution < -0.4 is 9.47 Å². The number of amides is 1. The first-order chi connectivity index (χ1) is 15.7. The number of benzene rings is 2. The van der Waals surface area contributed by atoms with Crippen LogP contribution in [0.4, 0.5) is 13.2 Å². The average molecular weight is 474 g/mol. The van der Waals surface area contributed by atoms with Crippen LogP contribution in [0.1, 0.15) is 24.2 Å². The molecular formula is C22H17F3N4O3S. The second-order valence-electron chi connectivity index (χ2n) is 7.00. The molecule has 2 heterocycles. The van der Waals surface area contributed by atoms with Crippen LogP contribution in [0.25, 0.3) is 6.08 Å². The molecule has 4 rings (SSSR count). The highest BCUT2D eigenvalue weighted by Gasteiger charge is 2.46. The van der Waals surface area contributed by atoms with E-state index >= 15 is 0 Å². The van der Waals surface area contributed by atoms with Crippen LogP contribution in [0.15, 0.2) is 64.2 Å². The molecule has 0 saturated heterocycles. The van der Waals surface area contributed by atoms with Gasteiger partial charge in [-0.25, -0.2) is 0 Å². The van der Waals surface area contributed by atoms with Gasteiger partial charge >= 0.3 is 6.18 Å². The van der Waals surface area contributed by atoms with E-state index in [1.807, 2.05) is 37.3 Å². The first-order valence-corrected chi connectivity index (χ1v) is 10.5. The lowest BCUT2D eigenvalue weighted by Crippen LogP contribution is -2.35. The molecule has 0 saturated carbocycles. The Bertz CT molecular complexity index is 1210. The number of fused-ring (bicyclic) bond motifs is 1. The number of nitrogens with zero attached hydrogens (tertiary/aromatic N) is 3. The fourth-order valence-electron chi connectivity index (χ4n) is 3.13. The number of aliphatic imine (C=N–C) groups is 1. The van der Waals surface area contributed by atoms with E-state index in [2.05, 4.69) is 10.1 Å². The molecule has 33 heavy (non-hydrogen) atoms. The Labute approximate surface area is 191 Å². The number of alkyl halides is 3. The van der Waals surface area contributed by atoms with Gasteiger partial charge in [0.05, 0.1) is 12.7 Å². The Morgan fingerprint density at radius 3 is 2.55 bits per heavy atom. The van der Waals surface area contributed by atoms with Crippen LogP contribution in [0.2, 0.25) is 0 Å². The Balaban J connectivity index is 1.60. The SMILES string of the molecule is COc1cc(/C=C2\C(=N)N3N=C(C(F)(F)F)SC3=NC2=O)ccc1O[C@H](C)c1ccccc1. The van der Waals surface area contributed by atoms with Gasteiger partial charge < -0.3 is 9.47 Å². The van der Waals surface area contributed by atoms with Crippen molar-refractivity contribution >= 4 is 39.8 Å². The fourth-order valence-corrected chi connectivity index (χ4v) is 3.89. The first-order valence-electron chi connectivity index (χ1n) is 9.64. The van der Waals surface area contributed by atoms with Crippen molar-refractivity contribution in [2.24, 2.45) is 10.1 Å². The lowest BCUT2D eigenvalue weighted by atomic mass is 10.1. The maximum absolute atomic E-state index is 13.0. The van der Waals surface area contributed by atoms with E-state index in [-0.39, 0.29) is 28.6 Å². The van der Waals surface area contributed by atoms with Crippen molar-refractivity contribution in [3.05, 3.63) is 65.2 Å². The largest absolute Gasteiger partial charge is 0.493 e. The number of hydrogen-bond donors (Lipinski definition) is 1. The van der Waals surface area contributed by atoms with Gasteiger partial charge in [-0.3, -0.25) is 10.2 Å². The summed E-state index contributed by atoms with van der Waals surface area (Å²) in [6.07, 6.45) is -3.60. The van der Waals surface area contributed by atoms with Crippen molar-refractivity contribution in [3.63, 3.8) is 0 Å². The van der Waals surface area contributed by atoms with Crippen molar-refractivity contribution < 1.29 is 27.4 Å². The van der Waals surface area contributed by atoms with Crippen molar-refractivity contribution in [1.29, 1.82) is 5.41 Å². The molecule has 1 atom stereocenters. The quantitative estimate of drug-likeness (QED) is 0.615. The molecule has 0 spiro atoms. The predicted molar refractivity (Wildman–Crippen MR) is 120 cm³/mol. The summed E-state index contributed by atoms with van der Waals surface area (Å²) >= 11 is 0.205. The topological polar surface area (TPSA) is 87.3 Å². The summed E-state index contributed by atoms with van der Waals surface area (Å²) in [5.41, 5.74) is 1.26. The predicted octanol–water partition coefficient (Wildman–Crippen LogP) is 5.02. The van der Waals surface area contributed by atoms with Gasteiger partial charge in [0, 0.05) is 0 Å². The summed E-state index contributed by atoms with van der Waals surface area (Å²) in [5, 5.41) is 10.8. The monoisotopic (exact) mass is 474 g/mol. The molecule has 170 valence electrons. The molecule has 2 aromatic carbocycles. The van der Waals surface area contributed by atoms with Gasteiger partial charge in [-0.05, 0) is 48.0 Å². The summed E-state index contributed by atoms with van der Waals surface area (Å²) in [6, 6.07) is 14.5. The van der Waals surface area contributed by atoms with Gasteiger partial charge in [-0.1, -0.05) is 36.4 Å². The average Bonchev–Trinajstić information content (AvgIpc) is 3.23. The minimum atomic E-state index is -4.70. The standard InChI is InChI=1S/C22H17F3N4O3S/c1-12(14-6-4-3-5-7-14)32-16-9-8-13(11-17(16)31-2)10-15-18(26)29-21(27-19(15)30)33-20(28-29)22(23,24)25/h3-12,26H,1-2H3/b15-10+,26-18?/t12-/m1/s1. The minimum Gasteiger partial charge on any atom is -0.493 e. The van der Waals surface area contributed by atoms with E-state index in [4.69, 9.17) is 14.9 Å². The Kier molecular flexibility index (Phi) is 5.98. The number of nitrogens with one attached hydrogen (secondary N) is 1. The summed E-state index contributed by atoms with van der Waals surface area (Å²) in [6.45, 7) is 1.89. The summed E-state index contributed by atoms with van der Waals surface area (Å²) < 4.78 is 50.3. The zero-order chi connectivity index (χ0) is 23.8. The lowest BCUT2D eigenvalue weighted by Gasteiger charge is -2.20. The summed E-state index contributed by atoms with van der Waals surface area (Å²) in [5.74, 6) is -0.458. The molecule has 2 aliphatic rings. The number of hydrogen-bond acceptors (Lipinski definition) is 6. The molecule has 0 unspecified atom stereocenters. The molecule has 2 aliphatic heterocycles. The van der Waals surface area contributed by atoms with E-state index in [0.717, 1.165) is 5.56 Å². The van der Waals surface area contributed by atoms with E-state index < -0.39 is 23.0 Å². The Morgan fingerprint density at radius 1 is 1.15 bits per heavy atom. The maximum Gasteiger partial charge on any atom is 0.441 e. The molecule has 0 fully saturated rings. The van der Waals surface area contributed by atoms with Gasteiger partial charge in [0.2, 0.25) is 10.2 Å². The fraction of sp³-hybridized carbons (Fsp3) is 0.182.